The van der Waals surface area contributed by atoms with Gasteiger partial charge in [0.1, 0.15) is 11.5 Å². The molecule has 1 saturated carbocycles. The third-order valence-corrected chi connectivity index (χ3v) is 4.62. The summed E-state index contributed by atoms with van der Waals surface area (Å²) in [7, 11) is 0. The fourth-order valence-electron chi connectivity index (χ4n) is 3.12. The summed E-state index contributed by atoms with van der Waals surface area (Å²) in [5.41, 5.74) is 2.41. The van der Waals surface area contributed by atoms with Crippen LogP contribution in [0.25, 0.3) is 0 Å². The average Bonchev–Trinajstić information content (AvgIpc) is 2.41. The van der Waals surface area contributed by atoms with E-state index in [4.69, 9.17) is 4.74 Å². The quantitative estimate of drug-likeness (QED) is 0.814. The molecule has 3 heteroatoms. The molecule has 0 saturated heterocycles. The zero-order valence-electron chi connectivity index (χ0n) is 11.1. The minimum absolute atomic E-state index is 0.336. The van der Waals surface area contributed by atoms with Crippen molar-refractivity contribution in [2.45, 2.75) is 57.5 Å². The molecule has 0 unspecified atom stereocenters. The third kappa shape index (κ3) is 3.02. The molecule has 0 spiro atoms. The lowest BCUT2D eigenvalue weighted by Crippen LogP contribution is -2.22. The van der Waals surface area contributed by atoms with Crippen LogP contribution in [0, 0.1) is 0 Å². The average molecular weight is 323 g/mol. The van der Waals surface area contributed by atoms with Crippen LogP contribution in [0.4, 0.5) is 0 Å². The Morgan fingerprint density at radius 1 is 1.11 bits per heavy atom. The largest absolute Gasteiger partial charge is 0.490 e. The zero-order valence-corrected chi connectivity index (χ0v) is 12.7. The number of hydrogen-bond acceptors (Lipinski definition) is 2. The van der Waals surface area contributed by atoms with E-state index in [9.17, 15) is 4.79 Å². The Labute approximate surface area is 122 Å². The summed E-state index contributed by atoms with van der Waals surface area (Å²) in [4.78, 5) is 11.7. The first-order valence-corrected chi connectivity index (χ1v) is 8.01. The minimum Gasteiger partial charge on any atom is -0.490 e. The van der Waals surface area contributed by atoms with Gasteiger partial charge in [0.05, 0.1) is 6.10 Å². The van der Waals surface area contributed by atoms with Gasteiger partial charge < -0.3 is 4.74 Å². The van der Waals surface area contributed by atoms with Crippen LogP contribution in [0.2, 0.25) is 0 Å². The van der Waals surface area contributed by atoms with Crippen molar-refractivity contribution in [1.29, 1.82) is 0 Å². The van der Waals surface area contributed by atoms with E-state index in [1.165, 1.54) is 24.8 Å². The highest BCUT2D eigenvalue weighted by atomic mass is 79.9. The van der Waals surface area contributed by atoms with Crippen LogP contribution < -0.4 is 4.74 Å². The molecule has 0 aromatic heterocycles. The van der Waals surface area contributed by atoms with Crippen molar-refractivity contribution in [3.63, 3.8) is 0 Å². The summed E-state index contributed by atoms with van der Waals surface area (Å²) in [6.07, 6.45) is 8.56. The molecule has 0 atom stereocenters. The number of carbonyl (C=O) groups excluding carboxylic acids is 1. The van der Waals surface area contributed by atoms with Gasteiger partial charge in [-0.15, -0.1) is 0 Å². The number of ketones is 1. The van der Waals surface area contributed by atoms with Gasteiger partial charge in [0.25, 0.3) is 0 Å². The van der Waals surface area contributed by atoms with Gasteiger partial charge in [-0.05, 0) is 49.8 Å². The van der Waals surface area contributed by atoms with E-state index in [1.807, 2.05) is 6.07 Å². The van der Waals surface area contributed by atoms with Gasteiger partial charge in [-0.25, -0.2) is 0 Å². The molecule has 1 fully saturated rings. The van der Waals surface area contributed by atoms with Gasteiger partial charge in [0.2, 0.25) is 0 Å². The standard InChI is InChI=1S/C16H19BrO2/c17-12-8-11-6-7-13(18)10-15(11)16(9-12)19-14-4-2-1-3-5-14/h8-9,14H,1-7,10H2. The lowest BCUT2D eigenvalue weighted by molar-refractivity contribution is -0.118. The van der Waals surface area contributed by atoms with Crippen molar-refractivity contribution in [2.24, 2.45) is 0 Å². The Morgan fingerprint density at radius 3 is 2.68 bits per heavy atom. The second-order valence-electron chi connectivity index (χ2n) is 5.63. The molecule has 1 aromatic carbocycles. The number of benzene rings is 1. The molecule has 0 radical (unpaired) electrons. The molecule has 2 aliphatic rings. The Kier molecular flexibility index (Phi) is 3.92. The number of fused-ring (bicyclic) bond motifs is 1. The fourth-order valence-corrected chi connectivity index (χ4v) is 3.60. The van der Waals surface area contributed by atoms with E-state index in [2.05, 4.69) is 22.0 Å². The van der Waals surface area contributed by atoms with Crippen LogP contribution >= 0.6 is 15.9 Å². The number of ether oxygens (including phenoxy) is 1. The molecule has 0 N–H and O–H groups in total. The van der Waals surface area contributed by atoms with Crippen LogP contribution in [0.3, 0.4) is 0 Å². The molecule has 19 heavy (non-hydrogen) atoms. The second-order valence-corrected chi connectivity index (χ2v) is 6.55. The SMILES string of the molecule is O=C1CCc2cc(Br)cc(OC3CCCCC3)c2C1. The van der Waals surface area contributed by atoms with Crippen LogP contribution in [0.1, 0.15) is 49.7 Å². The van der Waals surface area contributed by atoms with Crippen LogP contribution in [-0.2, 0) is 17.6 Å². The highest BCUT2D eigenvalue weighted by Gasteiger charge is 2.23. The van der Waals surface area contributed by atoms with E-state index in [1.54, 1.807) is 0 Å². The predicted octanol–water partition coefficient (Wildman–Crippen LogP) is 4.22. The molecule has 2 aliphatic carbocycles. The predicted molar refractivity (Wildman–Crippen MR) is 78.7 cm³/mol. The minimum atomic E-state index is 0.336. The van der Waals surface area contributed by atoms with Crippen molar-refractivity contribution in [3.05, 3.63) is 27.7 Å². The summed E-state index contributed by atoms with van der Waals surface area (Å²) < 4.78 is 7.26. The maximum absolute atomic E-state index is 11.7. The van der Waals surface area contributed by atoms with Crippen LogP contribution in [0.5, 0.6) is 5.75 Å². The molecule has 1 aromatic rings. The normalized spacial score (nSPS) is 20.2. The Bertz CT molecular complexity index is 490. The van der Waals surface area contributed by atoms with E-state index in [0.717, 1.165) is 35.0 Å². The zero-order chi connectivity index (χ0) is 13.2. The number of carbonyl (C=O) groups is 1. The second kappa shape index (κ2) is 5.66. The summed E-state index contributed by atoms with van der Waals surface area (Å²) in [5, 5.41) is 0. The number of aryl methyl sites for hydroxylation is 1. The maximum Gasteiger partial charge on any atom is 0.137 e. The van der Waals surface area contributed by atoms with Crippen molar-refractivity contribution >= 4 is 21.7 Å². The first-order chi connectivity index (χ1) is 9.22. The molecule has 0 amide bonds. The molecule has 0 heterocycles. The lowest BCUT2D eigenvalue weighted by atomic mass is 9.90. The van der Waals surface area contributed by atoms with Gasteiger partial charge in [-0.1, -0.05) is 22.4 Å². The maximum atomic E-state index is 11.7. The van der Waals surface area contributed by atoms with Crippen LogP contribution in [-0.4, -0.2) is 11.9 Å². The fraction of sp³-hybridized carbons (Fsp3) is 0.562. The first kappa shape index (κ1) is 13.2. The van der Waals surface area contributed by atoms with Gasteiger partial charge in [0, 0.05) is 22.9 Å². The van der Waals surface area contributed by atoms with Crippen molar-refractivity contribution in [3.8, 4) is 5.75 Å². The molecule has 2 nitrogen and oxygen atoms in total. The number of Topliss-reactive ketones (excluding diaryl/α,β-unsaturated/α-hetero) is 1. The van der Waals surface area contributed by atoms with Crippen LogP contribution in [0.15, 0.2) is 16.6 Å². The van der Waals surface area contributed by atoms with Gasteiger partial charge in [-0.2, -0.15) is 0 Å². The third-order valence-electron chi connectivity index (χ3n) is 4.16. The topological polar surface area (TPSA) is 26.3 Å². The van der Waals surface area contributed by atoms with Gasteiger partial charge >= 0.3 is 0 Å². The molecule has 102 valence electrons. The van der Waals surface area contributed by atoms with E-state index >= 15 is 0 Å². The van der Waals surface area contributed by atoms with Gasteiger partial charge in [0.15, 0.2) is 0 Å². The van der Waals surface area contributed by atoms with Crippen molar-refractivity contribution < 1.29 is 9.53 Å². The summed E-state index contributed by atoms with van der Waals surface area (Å²) >= 11 is 3.56. The Hall–Kier alpha value is -0.830. The van der Waals surface area contributed by atoms with E-state index < -0.39 is 0 Å². The van der Waals surface area contributed by atoms with E-state index in [0.29, 0.717) is 24.7 Å². The molecule has 0 bridgehead atoms. The highest BCUT2D eigenvalue weighted by molar-refractivity contribution is 9.10. The Morgan fingerprint density at radius 2 is 1.89 bits per heavy atom. The number of halogens is 1. The monoisotopic (exact) mass is 322 g/mol. The van der Waals surface area contributed by atoms with Gasteiger partial charge in [-0.3, -0.25) is 4.79 Å². The highest BCUT2D eigenvalue weighted by Crippen LogP contribution is 2.34. The van der Waals surface area contributed by atoms with E-state index in [-0.39, 0.29) is 0 Å². The van der Waals surface area contributed by atoms with Crippen molar-refractivity contribution in [2.75, 3.05) is 0 Å². The summed E-state index contributed by atoms with van der Waals surface area (Å²) in [5.74, 6) is 1.27. The summed E-state index contributed by atoms with van der Waals surface area (Å²) in [6, 6.07) is 4.17. The summed E-state index contributed by atoms with van der Waals surface area (Å²) in [6.45, 7) is 0. The number of hydrogen-bond donors (Lipinski definition) is 0. The molecule has 0 aliphatic heterocycles. The number of rotatable bonds is 2. The molecular weight excluding hydrogens is 304 g/mol. The molecular formula is C16H19BrO2. The van der Waals surface area contributed by atoms with Crippen molar-refractivity contribution in [1.82, 2.24) is 0 Å². The molecule has 3 rings (SSSR count). The smallest absolute Gasteiger partial charge is 0.137 e. The lowest BCUT2D eigenvalue weighted by Gasteiger charge is -2.26. The Balaban J connectivity index is 1.86. The first-order valence-electron chi connectivity index (χ1n) is 7.22.